The summed E-state index contributed by atoms with van der Waals surface area (Å²) in [5.41, 5.74) is 0.551. The Morgan fingerprint density at radius 2 is 1.91 bits per heavy atom. The van der Waals surface area contributed by atoms with Crippen molar-refractivity contribution in [3.8, 4) is 0 Å². The molecule has 0 aliphatic rings. The van der Waals surface area contributed by atoms with Gasteiger partial charge in [-0.1, -0.05) is 42.1 Å². The summed E-state index contributed by atoms with van der Waals surface area (Å²) in [6, 6.07) is 8.10. The van der Waals surface area contributed by atoms with E-state index in [2.05, 4.69) is 5.32 Å². The number of ether oxygens (including phenoxy) is 1. The van der Waals surface area contributed by atoms with Crippen LogP contribution in [0.5, 0.6) is 0 Å². The molecular formula is C16H21NO4S2. The predicted octanol–water partition coefficient (Wildman–Crippen LogP) is 2.36. The van der Waals surface area contributed by atoms with Crippen LogP contribution in [-0.4, -0.2) is 47.4 Å². The van der Waals surface area contributed by atoms with Crippen molar-refractivity contribution < 1.29 is 19.1 Å². The molecule has 0 fully saturated rings. The topological polar surface area (TPSA) is 72.5 Å². The predicted molar refractivity (Wildman–Crippen MR) is 94.8 cm³/mol. The molecule has 0 radical (unpaired) electrons. The second kappa shape index (κ2) is 11.1. The molecule has 0 spiro atoms. The van der Waals surface area contributed by atoms with Crippen LogP contribution >= 0.6 is 23.5 Å². The number of benzene rings is 1. The first-order valence-corrected chi connectivity index (χ1v) is 9.63. The molecule has 1 amide bonds. The van der Waals surface area contributed by atoms with Gasteiger partial charge in [0.05, 0.1) is 12.4 Å². The van der Waals surface area contributed by atoms with Crippen molar-refractivity contribution in [3.63, 3.8) is 0 Å². The number of rotatable bonds is 9. The lowest BCUT2D eigenvalue weighted by Gasteiger charge is -2.16. The molecule has 5 nitrogen and oxygen atoms in total. The third kappa shape index (κ3) is 7.56. The molecule has 0 saturated carbocycles. The summed E-state index contributed by atoms with van der Waals surface area (Å²) in [7, 11) is 0. The van der Waals surface area contributed by atoms with Gasteiger partial charge in [0.15, 0.2) is 0 Å². The van der Waals surface area contributed by atoms with Crippen LogP contribution in [0.25, 0.3) is 0 Å². The molecule has 0 unspecified atom stereocenters. The number of nitrogens with one attached hydrogen (secondary N) is 1. The lowest BCUT2D eigenvalue weighted by Crippen LogP contribution is -2.43. The van der Waals surface area contributed by atoms with Gasteiger partial charge in [0.25, 0.3) is 0 Å². The zero-order chi connectivity index (χ0) is 17.1. The van der Waals surface area contributed by atoms with Gasteiger partial charge in [0.1, 0.15) is 6.04 Å². The normalized spacial score (nSPS) is 11.6. The monoisotopic (exact) mass is 355 g/mol. The first kappa shape index (κ1) is 19.6. The molecule has 0 saturated heterocycles. The van der Waals surface area contributed by atoms with E-state index in [1.807, 2.05) is 12.3 Å². The van der Waals surface area contributed by atoms with Crippen LogP contribution in [0.4, 0.5) is 0 Å². The van der Waals surface area contributed by atoms with Gasteiger partial charge in [-0.25, -0.2) is 4.79 Å². The van der Waals surface area contributed by atoms with Gasteiger partial charge < -0.3 is 10.1 Å². The third-order valence-electron chi connectivity index (χ3n) is 2.86. The minimum Gasteiger partial charge on any atom is -0.464 e. The zero-order valence-electron chi connectivity index (χ0n) is 13.2. The van der Waals surface area contributed by atoms with E-state index in [1.165, 1.54) is 0 Å². The first-order chi connectivity index (χ1) is 11.1. The Labute approximate surface area is 144 Å². The van der Waals surface area contributed by atoms with E-state index in [0.29, 0.717) is 12.0 Å². The van der Waals surface area contributed by atoms with Gasteiger partial charge >= 0.3 is 5.97 Å². The van der Waals surface area contributed by atoms with E-state index in [9.17, 15) is 14.4 Å². The van der Waals surface area contributed by atoms with Gasteiger partial charge in [0, 0.05) is 5.56 Å². The van der Waals surface area contributed by atoms with Gasteiger partial charge in [-0.3, -0.25) is 9.59 Å². The van der Waals surface area contributed by atoms with Crippen LogP contribution < -0.4 is 5.32 Å². The maximum atomic E-state index is 12.0. The molecule has 0 aromatic heterocycles. The molecule has 23 heavy (non-hydrogen) atoms. The van der Waals surface area contributed by atoms with Gasteiger partial charge in [-0.15, -0.1) is 0 Å². The number of thioether (sulfide) groups is 2. The Hall–Kier alpha value is -1.47. The summed E-state index contributed by atoms with van der Waals surface area (Å²) in [4.78, 5) is 35.7. The molecule has 7 heteroatoms. The maximum Gasteiger partial charge on any atom is 0.328 e. The summed E-state index contributed by atoms with van der Waals surface area (Å²) < 4.78 is 4.96. The van der Waals surface area contributed by atoms with Gasteiger partial charge in [-0.2, -0.15) is 11.8 Å². The van der Waals surface area contributed by atoms with E-state index in [-0.39, 0.29) is 23.4 Å². The van der Waals surface area contributed by atoms with E-state index < -0.39 is 12.0 Å². The molecule has 1 aromatic carbocycles. The van der Waals surface area contributed by atoms with Crippen molar-refractivity contribution in [3.05, 3.63) is 35.9 Å². The Bertz CT molecular complexity index is 522. The summed E-state index contributed by atoms with van der Waals surface area (Å²) in [5, 5.41) is 2.47. The van der Waals surface area contributed by atoms with Gasteiger partial charge in [-0.05, 0) is 25.4 Å². The fraction of sp³-hybridized carbons (Fsp3) is 0.438. The second-order valence-corrected chi connectivity index (χ2v) is 6.53. The highest BCUT2D eigenvalue weighted by Gasteiger charge is 2.22. The standard InChI is InChI=1S/C16H21NO4S2/c1-3-21-15(19)13(9-10-22-2)17-14(18)11-23-16(20)12-7-5-4-6-8-12/h4-8,13H,3,9-11H2,1-2H3,(H,17,18)/t13-/m0/s1. The van der Waals surface area contributed by atoms with Crippen LogP contribution in [0, 0.1) is 0 Å². The van der Waals surface area contributed by atoms with E-state index in [1.54, 1.807) is 43.0 Å². The Balaban J connectivity index is 2.48. The summed E-state index contributed by atoms with van der Waals surface area (Å²) in [5.74, 6) is -0.0735. The summed E-state index contributed by atoms with van der Waals surface area (Å²) >= 11 is 2.51. The number of amides is 1. The summed E-state index contributed by atoms with van der Waals surface area (Å²) in [6.45, 7) is 1.99. The molecule has 1 aromatic rings. The highest BCUT2D eigenvalue weighted by Crippen LogP contribution is 2.12. The molecule has 0 bridgehead atoms. The molecule has 0 aliphatic heterocycles. The van der Waals surface area contributed by atoms with Crippen molar-refractivity contribution in [2.75, 3.05) is 24.4 Å². The quantitative estimate of drug-likeness (QED) is 0.686. The lowest BCUT2D eigenvalue weighted by molar-refractivity contribution is -0.147. The van der Waals surface area contributed by atoms with E-state index >= 15 is 0 Å². The molecule has 0 aliphatic carbocycles. The van der Waals surface area contributed by atoms with Crippen LogP contribution in [0.15, 0.2) is 30.3 Å². The van der Waals surface area contributed by atoms with Crippen molar-refractivity contribution in [1.29, 1.82) is 0 Å². The SMILES string of the molecule is CCOC(=O)[C@H](CCSC)NC(=O)CSC(=O)c1ccccc1. The average Bonchev–Trinajstić information content (AvgIpc) is 2.57. The number of hydrogen-bond acceptors (Lipinski definition) is 6. The third-order valence-corrected chi connectivity index (χ3v) is 4.41. The highest BCUT2D eigenvalue weighted by molar-refractivity contribution is 8.14. The fourth-order valence-electron chi connectivity index (χ4n) is 1.75. The molecule has 1 rings (SSSR count). The Kier molecular flexibility index (Phi) is 9.47. The average molecular weight is 355 g/mol. The first-order valence-electron chi connectivity index (χ1n) is 7.25. The maximum absolute atomic E-state index is 12.0. The largest absolute Gasteiger partial charge is 0.464 e. The van der Waals surface area contributed by atoms with Crippen molar-refractivity contribution >= 4 is 40.5 Å². The lowest BCUT2D eigenvalue weighted by atomic mass is 10.2. The van der Waals surface area contributed by atoms with Gasteiger partial charge in [0.2, 0.25) is 11.0 Å². The van der Waals surface area contributed by atoms with E-state index in [4.69, 9.17) is 4.74 Å². The zero-order valence-corrected chi connectivity index (χ0v) is 14.9. The van der Waals surface area contributed by atoms with Crippen molar-refractivity contribution in [1.82, 2.24) is 5.32 Å². The molecule has 0 heterocycles. The molecular weight excluding hydrogens is 334 g/mol. The second-order valence-electron chi connectivity index (χ2n) is 4.60. The van der Waals surface area contributed by atoms with E-state index in [0.717, 1.165) is 17.5 Å². The highest BCUT2D eigenvalue weighted by atomic mass is 32.2. The molecule has 126 valence electrons. The minimum absolute atomic E-state index is 0.0249. The van der Waals surface area contributed by atoms with Crippen LogP contribution in [0.1, 0.15) is 23.7 Å². The van der Waals surface area contributed by atoms with Crippen LogP contribution in [0.2, 0.25) is 0 Å². The fourth-order valence-corrected chi connectivity index (χ4v) is 2.87. The number of hydrogen-bond donors (Lipinski definition) is 1. The molecule has 1 atom stereocenters. The Morgan fingerprint density at radius 1 is 1.22 bits per heavy atom. The smallest absolute Gasteiger partial charge is 0.328 e. The van der Waals surface area contributed by atoms with Crippen LogP contribution in [0.3, 0.4) is 0 Å². The number of esters is 1. The van der Waals surface area contributed by atoms with Crippen molar-refractivity contribution in [2.24, 2.45) is 0 Å². The number of carbonyl (C=O) groups excluding carboxylic acids is 3. The Morgan fingerprint density at radius 3 is 2.52 bits per heavy atom. The molecule has 1 N–H and O–H groups in total. The number of carbonyl (C=O) groups is 3. The minimum atomic E-state index is -0.665. The summed E-state index contributed by atoms with van der Waals surface area (Å²) in [6.07, 6.45) is 2.43. The van der Waals surface area contributed by atoms with Crippen molar-refractivity contribution in [2.45, 2.75) is 19.4 Å². The van der Waals surface area contributed by atoms with Crippen LogP contribution in [-0.2, 0) is 14.3 Å².